The Bertz CT molecular complexity index is 482. The zero-order chi connectivity index (χ0) is 12.3. The van der Waals surface area contributed by atoms with Gasteiger partial charge in [-0.3, -0.25) is 8.76 Å². The standard InChI is InChI=1S/C8H11NO5S2/c1-2-9(15(10)11)7-3-5-8(6-4-7)16(12,13)14/h3-6H,2H2,1H3,(H,10,11)(H,12,13,14)/p-1. The number of anilines is 1. The number of rotatable bonds is 4. The van der Waals surface area contributed by atoms with E-state index >= 15 is 0 Å². The predicted molar refractivity (Wildman–Crippen MR) is 58.2 cm³/mol. The average molecular weight is 264 g/mol. The maximum absolute atomic E-state index is 10.8. The van der Waals surface area contributed by atoms with Crippen molar-refractivity contribution >= 4 is 27.1 Å². The molecule has 0 saturated heterocycles. The molecule has 1 N–H and O–H groups in total. The van der Waals surface area contributed by atoms with Crippen LogP contribution in [0.3, 0.4) is 0 Å². The second-order valence-corrected chi connectivity index (χ2v) is 5.18. The topological polar surface area (TPSA) is 97.7 Å². The first kappa shape index (κ1) is 13.1. The summed E-state index contributed by atoms with van der Waals surface area (Å²) in [7, 11) is -4.24. The first-order valence-corrected chi connectivity index (χ1v) is 6.78. The second kappa shape index (κ2) is 4.91. The summed E-state index contributed by atoms with van der Waals surface area (Å²) in [6, 6.07) is 4.89. The van der Waals surface area contributed by atoms with Crippen molar-refractivity contribution in [2.75, 3.05) is 10.8 Å². The smallest absolute Gasteiger partial charge is 0.294 e. The van der Waals surface area contributed by atoms with Gasteiger partial charge in [-0.15, -0.1) is 0 Å². The lowest BCUT2D eigenvalue weighted by Crippen LogP contribution is -2.24. The van der Waals surface area contributed by atoms with E-state index in [0.29, 0.717) is 5.69 Å². The number of hydrogen-bond donors (Lipinski definition) is 1. The molecule has 0 bridgehead atoms. The lowest BCUT2D eigenvalue weighted by molar-refractivity contribution is 0.483. The Balaban J connectivity index is 3.08. The van der Waals surface area contributed by atoms with Crippen LogP contribution < -0.4 is 4.31 Å². The van der Waals surface area contributed by atoms with Gasteiger partial charge in [-0.25, -0.2) is 0 Å². The quantitative estimate of drug-likeness (QED) is 0.632. The van der Waals surface area contributed by atoms with Gasteiger partial charge in [0.1, 0.15) is 0 Å². The van der Waals surface area contributed by atoms with Crippen LogP contribution >= 0.6 is 0 Å². The molecule has 0 aromatic heterocycles. The Morgan fingerprint density at radius 3 is 2.19 bits per heavy atom. The zero-order valence-corrected chi connectivity index (χ0v) is 9.99. The van der Waals surface area contributed by atoms with E-state index in [9.17, 15) is 17.2 Å². The molecule has 0 amide bonds. The summed E-state index contributed by atoms with van der Waals surface area (Å²) < 4.78 is 52.8. The van der Waals surface area contributed by atoms with Crippen LogP contribution in [0.1, 0.15) is 6.92 Å². The minimum absolute atomic E-state index is 0.237. The van der Waals surface area contributed by atoms with Gasteiger partial charge in [0.05, 0.1) is 4.90 Å². The second-order valence-electron chi connectivity index (χ2n) is 2.88. The first-order chi connectivity index (χ1) is 7.36. The largest absolute Gasteiger partial charge is 0.755 e. The summed E-state index contributed by atoms with van der Waals surface area (Å²) in [5.41, 5.74) is 0.336. The van der Waals surface area contributed by atoms with E-state index < -0.39 is 21.4 Å². The molecule has 1 aromatic rings. The number of hydrogen-bond acceptors (Lipinski definition) is 4. The first-order valence-electron chi connectivity index (χ1n) is 4.30. The average Bonchev–Trinajstić information content (AvgIpc) is 2.17. The molecule has 0 aliphatic carbocycles. The molecule has 0 aliphatic rings. The summed E-state index contributed by atoms with van der Waals surface area (Å²) in [5.74, 6) is 0. The lowest BCUT2D eigenvalue weighted by atomic mass is 10.3. The summed E-state index contributed by atoms with van der Waals surface area (Å²) in [6.07, 6.45) is 0. The highest BCUT2D eigenvalue weighted by Crippen LogP contribution is 2.18. The maximum atomic E-state index is 10.8. The van der Waals surface area contributed by atoms with Crippen LogP contribution in [0.15, 0.2) is 29.2 Å². The Kier molecular flexibility index (Phi) is 4.03. The minimum Gasteiger partial charge on any atom is -0.755 e. The summed E-state index contributed by atoms with van der Waals surface area (Å²) >= 11 is -2.41. The van der Waals surface area contributed by atoms with E-state index in [2.05, 4.69) is 0 Å². The van der Waals surface area contributed by atoms with Crippen LogP contribution in [0.2, 0.25) is 0 Å². The molecule has 90 valence electrons. The molecule has 0 fully saturated rings. The SMILES string of the molecule is CCN(c1ccc(S(=O)(=O)O)cc1)S(=O)[O-]. The molecule has 1 atom stereocenters. The summed E-state index contributed by atoms with van der Waals surface area (Å²) in [5, 5.41) is 0. The predicted octanol–water partition coefficient (Wildman–Crippen LogP) is 0.554. The van der Waals surface area contributed by atoms with E-state index in [1.54, 1.807) is 6.92 Å². The third-order valence-corrected chi connectivity index (χ3v) is 3.59. The van der Waals surface area contributed by atoms with Crippen molar-refractivity contribution in [1.82, 2.24) is 0 Å². The Morgan fingerprint density at radius 1 is 1.38 bits per heavy atom. The van der Waals surface area contributed by atoms with Gasteiger partial charge < -0.3 is 8.86 Å². The molecule has 1 unspecified atom stereocenters. The lowest BCUT2D eigenvalue weighted by Gasteiger charge is -2.24. The van der Waals surface area contributed by atoms with Crippen molar-refractivity contribution in [1.29, 1.82) is 0 Å². The molecular weight excluding hydrogens is 254 g/mol. The fraction of sp³-hybridized carbons (Fsp3) is 0.250. The van der Waals surface area contributed by atoms with Gasteiger partial charge in [0.15, 0.2) is 0 Å². The van der Waals surface area contributed by atoms with Crippen molar-refractivity contribution in [2.24, 2.45) is 0 Å². The van der Waals surface area contributed by atoms with Crippen molar-refractivity contribution in [3.8, 4) is 0 Å². The van der Waals surface area contributed by atoms with E-state index in [0.717, 1.165) is 16.4 Å². The van der Waals surface area contributed by atoms with Gasteiger partial charge in [-0.05, 0) is 31.2 Å². The Hall–Kier alpha value is -0.960. The number of benzene rings is 1. The molecule has 8 heteroatoms. The maximum Gasteiger partial charge on any atom is 0.294 e. The minimum atomic E-state index is -4.24. The molecule has 6 nitrogen and oxygen atoms in total. The summed E-state index contributed by atoms with van der Waals surface area (Å²) in [4.78, 5) is -0.274. The molecule has 0 saturated carbocycles. The molecule has 0 aliphatic heterocycles. The third kappa shape index (κ3) is 3.01. The van der Waals surface area contributed by atoms with Crippen molar-refractivity contribution in [3.63, 3.8) is 0 Å². The van der Waals surface area contributed by atoms with Gasteiger partial charge in [0.25, 0.3) is 10.1 Å². The van der Waals surface area contributed by atoms with Crippen LogP contribution in [-0.2, 0) is 21.4 Å². The van der Waals surface area contributed by atoms with Crippen LogP contribution in [0, 0.1) is 0 Å². The molecule has 0 spiro atoms. The Morgan fingerprint density at radius 2 is 1.88 bits per heavy atom. The van der Waals surface area contributed by atoms with Crippen LogP contribution in [0.25, 0.3) is 0 Å². The van der Waals surface area contributed by atoms with Crippen molar-refractivity contribution in [3.05, 3.63) is 24.3 Å². The third-order valence-electron chi connectivity index (χ3n) is 1.89. The normalized spacial score (nSPS) is 13.4. The number of nitrogens with zero attached hydrogens (tertiary/aromatic N) is 1. The zero-order valence-electron chi connectivity index (χ0n) is 8.36. The van der Waals surface area contributed by atoms with E-state index in [4.69, 9.17) is 4.55 Å². The molecule has 1 rings (SSSR count). The van der Waals surface area contributed by atoms with E-state index in [-0.39, 0.29) is 11.4 Å². The van der Waals surface area contributed by atoms with Gasteiger partial charge in [-0.1, -0.05) is 0 Å². The molecule has 0 radical (unpaired) electrons. The summed E-state index contributed by atoms with van der Waals surface area (Å²) in [6.45, 7) is 1.88. The Labute approximate surface area is 96.1 Å². The van der Waals surface area contributed by atoms with E-state index in [1.807, 2.05) is 0 Å². The van der Waals surface area contributed by atoms with Gasteiger partial charge >= 0.3 is 0 Å². The van der Waals surface area contributed by atoms with Gasteiger partial charge in [-0.2, -0.15) is 8.42 Å². The van der Waals surface area contributed by atoms with E-state index in [1.165, 1.54) is 12.1 Å². The molecule has 16 heavy (non-hydrogen) atoms. The van der Waals surface area contributed by atoms with Crippen molar-refractivity contribution in [2.45, 2.75) is 11.8 Å². The fourth-order valence-corrected chi connectivity index (χ4v) is 2.14. The molecule has 0 heterocycles. The van der Waals surface area contributed by atoms with Gasteiger partial charge in [0, 0.05) is 23.5 Å². The molecule has 1 aromatic carbocycles. The monoisotopic (exact) mass is 264 g/mol. The highest BCUT2D eigenvalue weighted by Gasteiger charge is 2.10. The highest BCUT2D eigenvalue weighted by atomic mass is 32.2. The highest BCUT2D eigenvalue weighted by molar-refractivity contribution is 7.85. The van der Waals surface area contributed by atoms with Crippen LogP contribution in [0.4, 0.5) is 5.69 Å². The van der Waals surface area contributed by atoms with Crippen molar-refractivity contribution < 1.29 is 21.7 Å². The molecular formula is C8H10NO5S2-. The van der Waals surface area contributed by atoms with Crippen LogP contribution in [0.5, 0.6) is 0 Å². The van der Waals surface area contributed by atoms with Gasteiger partial charge in [0.2, 0.25) is 0 Å². The van der Waals surface area contributed by atoms with Crippen LogP contribution in [-0.4, -0.2) is 28.3 Å². The fourth-order valence-electron chi connectivity index (χ4n) is 1.16.